The number of hydrogen-bond acceptors (Lipinski definition) is 4. The van der Waals surface area contributed by atoms with Crippen LogP contribution in [0.4, 0.5) is 5.69 Å². The minimum absolute atomic E-state index is 0.118. The average molecular weight is 338 g/mol. The van der Waals surface area contributed by atoms with Gasteiger partial charge in [-0.1, -0.05) is 30.3 Å². The van der Waals surface area contributed by atoms with Gasteiger partial charge in [-0.15, -0.1) is 0 Å². The summed E-state index contributed by atoms with van der Waals surface area (Å²) < 4.78 is 0. The molecule has 24 heavy (non-hydrogen) atoms. The monoisotopic (exact) mass is 338 g/mol. The van der Waals surface area contributed by atoms with E-state index in [9.17, 15) is 9.90 Å². The number of nitrogens with zero attached hydrogens (tertiary/aromatic N) is 2. The molecule has 0 aliphatic carbocycles. The van der Waals surface area contributed by atoms with Crippen LogP contribution in [0.2, 0.25) is 0 Å². The number of thioether (sulfide) groups is 1. The van der Waals surface area contributed by atoms with Crippen LogP contribution in [0, 0.1) is 13.8 Å². The predicted molar refractivity (Wildman–Crippen MR) is 99.5 cm³/mol. The highest BCUT2D eigenvalue weighted by atomic mass is 32.2. The van der Waals surface area contributed by atoms with E-state index in [1.165, 1.54) is 16.7 Å². The Bertz CT molecular complexity index is 871. The number of aliphatic imine (C=N–C) groups is 1. The molecule has 1 heterocycles. The summed E-state index contributed by atoms with van der Waals surface area (Å²) in [5.74, 6) is 0.0354. The molecule has 1 N–H and O–H groups in total. The molecule has 0 bridgehead atoms. The SMILES string of the molecule is Cc1ccc(C)c(N=C2S/C(=C/c3ccccc3O)C(=O)N2C)c1. The first-order valence-electron chi connectivity index (χ1n) is 7.57. The fraction of sp³-hybridized carbons (Fsp3) is 0.158. The van der Waals surface area contributed by atoms with E-state index in [1.807, 2.05) is 38.1 Å². The van der Waals surface area contributed by atoms with Gasteiger partial charge in [0.1, 0.15) is 5.75 Å². The van der Waals surface area contributed by atoms with Gasteiger partial charge in [-0.3, -0.25) is 9.69 Å². The second-order valence-electron chi connectivity index (χ2n) is 5.72. The molecule has 1 aliphatic heterocycles. The number of aromatic hydroxyl groups is 1. The largest absolute Gasteiger partial charge is 0.507 e. The quantitative estimate of drug-likeness (QED) is 0.833. The second-order valence-corrected chi connectivity index (χ2v) is 6.73. The van der Waals surface area contributed by atoms with E-state index >= 15 is 0 Å². The van der Waals surface area contributed by atoms with Gasteiger partial charge in [-0.25, -0.2) is 4.99 Å². The maximum Gasteiger partial charge on any atom is 0.266 e. The third-order valence-corrected chi connectivity index (χ3v) is 4.87. The molecule has 1 aliphatic rings. The van der Waals surface area contributed by atoms with Crippen molar-refractivity contribution in [3.8, 4) is 5.75 Å². The van der Waals surface area contributed by atoms with Crippen molar-refractivity contribution in [1.82, 2.24) is 4.90 Å². The molecular formula is C19H18N2O2S. The second kappa shape index (κ2) is 6.53. The van der Waals surface area contributed by atoms with Crippen LogP contribution in [0.1, 0.15) is 16.7 Å². The minimum Gasteiger partial charge on any atom is -0.507 e. The van der Waals surface area contributed by atoms with E-state index in [0.29, 0.717) is 15.6 Å². The molecule has 0 atom stereocenters. The normalized spacial score (nSPS) is 18.0. The number of amidine groups is 1. The van der Waals surface area contributed by atoms with Crippen molar-refractivity contribution in [2.75, 3.05) is 7.05 Å². The average Bonchev–Trinajstić information content (AvgIpc) is 2.81. The van der Waals surface area contributed by atoms with E-state index in [1.54, 1.807) is 31.3 Å². The van der Waals surface area contributed by atoms with Crippen LogP contribution in [0.25, 0.3) is 6.08 Å². The summed E-state index contributed by atoms with van der Waals surface area (Å²) in [6, 6.07) is 13.0. The van der Waals surface area contributed by atoms with Crippen molar-refractivity contribution in [2.24, 2.45) is 4.99 Å². The standard InChI is InChI=1S/C19H18N2O2S/c1-12-8-9-13(2)15(10-12)20-19-21(3)18(23)17(24-19)11-14-6-4-5-7-16(14)22/h4-11,22H,1-3H3/b17-11+,20-19?. The highest BCUT2D eigenvalue weighted by Crippen LogP contribution is 2.35. The minimum atomic E-state index is -0.118. The van der Waals surface area contributed by atoms with Crippen molar-refractivity contribution in [3.05, 3.63) is 64.1 Å². The number of phenols is 1. The van der Waals surface area contributed by atoms with Crippen molar-refractivity contribution in [1.29, 1.82) is 0 Å². The molecule has 5 heteroatoms. The van der Waals surface area contributed by atoms with Gasteiger partial charge in [0.2, 0.25) is 0 Å². The lowest BCUT2D eigenvalue weighted by atomic mass is 10.1. The molecule has 2 aromatic carbocycles. The van der Waals surface area contributed by atoms with Crippen molar-refractivity contribution in [3.63, 3.8) is 0 Å². The molecule has 0 aromatic heterocycles. The molecule has 0 radical (unpaired) electrons. The number of para-hydroxylation sites is 1. The number of carbonyl (C=O) groups excluding carboxylic acids is 1. The predicted octanol–water partition coefficient (Wildman–Crippen LogP) is 4.24. The topological polar surface area (TPSA) is 52.9 Å². The fourth-order valence-electron chi connectivity index (χ4n) is 2.35. The van der Waals surface area contributed by atoms with Crippen LogP contribution >= 0.6 is 11.8 Å². The molecule has 1 fully saturated rings. The Kier molecular flexibility index (Phi) is 4.44. The van der Waals surface area contributed by atoms with Crippen molar-refractivity contribution >= 4 is 34.6 Å². The number of amides is 1. The van der Waals surface area contributed by atoms with Crippen molar-refractivity contribution in [2.45, 2.75) is 13.8 Å². The van der Waals surface area contributed by atoms with Crippen LogP contribution in [0.15, 0.2) is 52.4 Å². The molecule has 0 saturated carbocycles. The zero-order valence-corrected chi connectivity index (χ0v) is 14.6. The Labute approximate surface area is 145 Å². The molecule has 0 spiro atoms. The Balaban J connectivity index is 1.96. The van der Waals surface area contributed by atoms with Gasteiger partial charge < -0.3 is 5.11 Å². The lowest BCUT2D eigenvalue weighted by Crippen LogP contribution is -2.23. The summed E-state index contributed by atoms with van der Waals surface area (Å²) >= 11 is 1.32. The number of carbonyl (C=O) groups is 1. The van der Waals surface area contributed by atoms with Crippen LogP contribution in [-0.4, -0.2) is 28.1 Å². The molecule has 1 amide bonds. The first-order chi connectivity index (χ1) is 11.5. The zero-order chi connectivity index (χ0) is 17.3. The Morgan fingerprint density at radius 1 is 1.17 bits per heavy atom. The van der Waals surface area contributed by atoms with E-state index in [-0.39, 0.29) is 11.7 Å². The summed E-state index contributed by atoms with van der Waals surface area (Å²) in [5, 5.41) is 10.5. The van der Waals surface area contributed by atoms with Crippen LogP contribution in [-0.2, 0) is 4.79 Å². The van der Waals surface area contributed by atoms with Crippen LogP contribution in [0.3, 0.4) is 0 Å². The number of aryl methyl sites for hydroxylation is 2. The van der Waals surface area contributed by atoms with Crippen LogP contribution in [0.5, 0.6) is 5.75 Å². The van der Waals surface area contributed by atoms with Gasteiger partial charge in [0, 0.05) is 12.6 Å². The van der Waals surface area contributed by atoms with E-state index in [4.69, 9.17) is 0 Å². The summed E-state index contributed by atoms with van der Waals surface area (Å²) in [5.41, 5.74) is 3.67. The highest BCUT2D eigenvalue weighted by Gasteiger charge is 2.30. The van der Waals surface area contributed by atoms with Gasteiger partial charge in [-0.05, 0) is 54.9 Å². The summed E-state index contributed by atoms with van der Waals surface area (Å²) in [6.07, 6.45) is 1.70. The lowest BCUT2D eigenvalue weighted by molar-refractivity contribution is -0.121. The highest BCUT2D eigenvalue weighted by molar-refractivity contribution is 8.18. The van der Waals surface area contributed by atoms with E-state index < -0.39 is 0 Å². The smallest absolute Gasteiger partial charge is 0.266 e. The molecule has 3 rings (SSSR count). The summed E-state index contributed by atoms with van der Waals surface area (Å²) in [7, 11) is 1.71. The first kappa shape index (κ1) is 16.3. The summed E-state index contributed by atoms with van der Waals surface area (Å²) in [6.45, 7) is 4.02. The van der Waals surface area contributed by atoms with E-state index in [0.717, 1.165) is 16.8 Å². The van der Waals surface area contributed by atoms with Crippen molar-refractivity contribution < 1.29 is 9.90 Å². The molecular weight excluding hydrogens is 320 g/mol. The number of benzene rings is 2. The summed E-state index contributed by atoms with van der Waals surface area (Å²) in [4.78, 5) is 19.2. The maximum absolute atomic E-state index is 12.4. The Hall–Kier alpha value is -2.53. The van der Waals surface area contributed by atoms with Crippen LogP contribution < -0.4 is 0 Å². The van der Waals surface area contributed by atoms with E-state index in [2.05, 4.69) is 4.99 Å². The molecule has 1 saturated heterocycles. The fourth-order valence-corrected chi connectivity index (χ4v) is 3.32. The zero-order valence-electron chi connectivity index (χ0n) is 13.8. The van der Waals surface area contributed by atoms with Gasteiger partial charge in [0.25, 0.3) is 5.91 Å². The number of rotatable bonds is 2. The first-order valence-corrected chi connectivity index (χ1v) is 8.39. The Morgan fingerprint density at radius 2 is 1.92 bits per heavy atom. The van der Waals surface area contributed by atoms with Gasteiger partial charge in [0.15, 0.2) is 5.17 Å². The molecule has 4 nitrogen and oxygen atoms in total. The molecule has 0 unspecified atom stereocenters. The number of hydrogen-bond donors (Lipinski definition) is 1. The Morgan fingerprint density at radius 3 is 2.67 bits per heavy atom. The van der Waals surface area contributed by atoms with Gasteiger partial charge >= 0.3 is 0 Å². The molecule has 2 aromatic rings. The maximum atomic E-state index is 12.4. The number of likely N-dealkylation sites (N-methyl/N-ethyl adjacent to an activating group) is 1. The third kappa shape index (κ3) is 3.21. The van der Waals surface area contributed by atoms with Gasteiger partial charge in [0.05, 0.1) is 10.6 Å². The molecule has 122 valence electrons. The number of phenolic OH excluding ortho intramolecular Hbond substituents is 1. The van der Waals surface area contributed by atoms with Gasteiger partial charge in [-0.2, -0.15) is 0 Å². The third-order valence-electron chi connectivity index (χ3n) is 3.81. The lowest BCUT2D eigenvalue weighted by Gasteiger charge is -2.08.